The maximum atomic E-state index is 15.1. The van der Waals surface area contributed by atoms with E-state index in [0.717, 1.165) is 11.3 Å². The van der Waals surface area contributed by atoms with Gasteiger partial charge in [0.05, 0.1) is 11.4 Å². The van der Waals surface area contributed by atoms with Gasteiger partial charge >= 0.3 is 4.87 Å². The number of anilines is 1. The van der Waals surface area contributed by atoms with Crippen molar-refractivity contribution >= 4 is 40.2 Å². The summed E-state index contributed by atoms with van der Waals surface area (Å²) in [6.07, 6.45) is 0.00240. The van der Waals surface area contributed by atoms with Crippen LogP contribution in [0.1, 0.15) is 17.1 Å². The molecule has 2 heterocycles. The van der Waals surface area contributed by atoms with Gasteiger partial charge in [0.2, 0.25) is 5.89 Å². The third-order valence-electron chi connectivity index (χ3n) is 4.07. The molecule has 0 saturated carbocycles. The Morgan fingerprint density at radius 2 is 2.07 bits per heavy atom. The molecule has 2 aromatic heterocycles. The summed E-state index contributed by atoms with van der Waals surface area (Å²) in [6, 6.07) is 7.54. The Kier molecular flexibility index (Phi) is 5.50. The van der Waals surface area contributed by atoms with E-state index >= 15 is 4.39 Å². The lowest BCUT2D eigenvalue weighted by atomic mass is 10.1. The molecule has 0 spiro atoms. The summed E-state index contributed by atoms with van der Waals surface area (Å²) >= 11 is 13.0. The second-order valence-corrected chi connectivity index (χ2v) is 8.15. The highest BCUT2D eigenvalue weighted by atomic mass is 35.5. The van der Waals surface area contributed by atoms with Crippen molar-refractivity contribution in [3.8, 4) is 22.3 Å². The van der Waals surface area contributed by atoms with Gasteiger partial charge in [0.15, 0.2) is 11.6 Å². The largest absolute Gasteiger partial charge is 0.453 e. The molecule has 154 valence electrons. The number of ether oxygens (including phenoxy) is 1. The van der Waals surface area contributed by atoms with Gasteiger partial charge in [-0.2, -0.15) is 0 Å². The number of nitrogens with zero attached hydrogens (tertiary/aromatic N) is 2. The Labute approximate surface area is 183 Å². The second-order valence-electron chi connectivity index (χ2n) is 6.32. The number of hydrogen-bond acceptors (Lipinski definition) is 7. The van der Waals surface area contributed by atoms with Gasteiger partial charge in [-0.25, -0.2) is 4.39 Å². The number of rotatable bonds is 5. The van der Waals surface area contributed by atoms with Crippen LogP contribution in [0.3, 0.4) is 0 Å². The zero-order valence-electron chi connectivity index (χ0n) is 15.3. The first-order valence-corrected chi connectivity index (χ1v) is 10.1. The van der Waals surface area contributed by atoms with Gasteiger partial charge in [0, 0.05) is 28.0 Å². The van der Waals surface area contributed by atoms with Gasteiger partial charge < -0.3 is 19.9 Å². The molecule has 0 bridgehead atoms. The number of nitrogens with one attached hydrogen (secondary N) is 1. The molecule has 0 radical (unpaired) electrons. The SMILES string of the molecule is Cc1[nH]c(=O)sc1-c1nnc(Cc2ccc(Cl)c(Oc3cc(N)cc(Cl)c3)c2F)o1. The quantitative estimate of drug-likeness (QED) is 0.391. The van der Waals surface area contributed by atoms with Crippen molar-refractivity contribution in [1.82, 2.24) is 15.2 Å². The number of aromatic nitrogens is 3. The van der Waals surface area contributed by atoms with Crippen LogP contribution in [0.2, 0.25) is 10.0 Å². The zero-order valence-corrected chi connectivity index (χ0v) is 17.7. The Bertz CT molecular complexity index is 1280. The Balaban J connectivity index is 1.62. The molecule has 0 aliphatic rings. The summed E-state index contributed by atoms with van der Waals surface area (Å²) in [7, 11) is 0. The Hall–Kier alpha value is -2.88. The lowest BCUT2D eigenvalue weighted by Crippen LogP contribution is -1.98. The van der Waals surface area contributed by atoms with Crippen LogP contribution in [0, 0.1) is 12.7 Å². The predicted molar refractivity (Wildman–Crippen MR) is 113 cm³/mol. The maximum Gasteiger partial charge on any atom is 0.305 e. The van der Waals surface area contributed by atoms with E-state index in [1.807, 2.05) is 0 Å². The molecule has 0 aliphatic carbocycles. The van der Waals surface area contributed by atoms with Crippen LogP contribution in [0.15, 0.2) is 39.5 Å². The minimum atomic E-state index is -0.678. The van der Waals surface area contributed by atoms with E-state index in [1.54, 1.807) is 13.0 Å². The van der Waals surface area contributed by atoms with E-state index in [9.17, 15) is 4.79 Å². The minimum absolute atomic E-state index is 0.00240. The van der Waals surface area contributed by atoms with Crippen molar-refractivity contribution < 1.29 is 13.5 Å². The van der Waals surface area contributed by atoms with Gasteiger partial charge in [-0.15, -0.1) is 10.2 Å². The fraction of sp³-hybridized carbons (Fsp3) is 0.105. The zero-order chi connectivity index (χ0) is 21.4. The summed E-state index contributed by atoms with van der Waals surface area (Å²) in [5.41, 5.74) is 6.97. The third kappa shape index (κ3) is 4.18. The molecule has 4 aromatic rings. The highest BCUT2D eigenvalue weighted by Gasteiger charge is 2.19. The Morgan fingerprint density at radius 1 is 1.27 bits per heavy atom. The first-order chi connectivity index (χ1) is 14.3. The van der Waals surface area contributed by atoms with Crippen LogP contribution in [-0.4, -0.2) is 15.2 Å². The topological polar surface area (TPSA) is 107 Å². The number of H-pyrrole nitrogens is 1. The van der Waals surface area contributed by atoms with E-state index in [4.69, 9.17) is 38.1 Å². The number of nitrogen functional groups attached to an aromatic ring is 1. The number of aryl methyl sites for hydroxylation is 1. The summed E-state index contributed by atoms with van der Waals surface area (Å²) in [5, 5.41) is 8.30. The van der Waals surface area contributed by atoms with Crippen molar-refractivity contribution in [1.29, 1.82) is 0 Å². The lowest BCUT2D eigenvalue weighted by Gasteiger charge is -2.12. The van der Waals surface area contributed by atoms with Crippen molar-refractivity contribution in [2.45, 2.75) is 13.3 Å². The number of aromatic amines is 1. The Morgan fingerprint density at radius 3 is 2.77 bits per heavy atom. The summed E-state index contributed by atoms with van der Waals surface area (Å²) in [5.74, 6) is -0.245. The van der Waals surface area contributed by atoms with Crippen molar-refractivity contribution in [2.75, 3.05) is 5.73 Å². The first kappa shape index (κ1) is 20.4. The molecular weight excluding hydrogens is 454 g/mol. The molecule has 7 nitrogen and oxygen atoms in total. The van der Waals surface area contributed by atoms with Crippen LogP contribution in [-0.2, 0) is 6.42 Å². The average Bonchev–Trinajstić information content (AvgIpc) is 3.26. The van der Waals surface area contributed by atoms with E-state index in [0.29, 0.717) is 21.3 Å². The monoisotopic (exact) mass is 466 g/mol. The normalized spacial score (nSPS) is 11.1. The molecule has 3 N–H and O–H groups in total. The van der Waals surface area contributed by atoms with Gasteiger partial charge in [-0.3, -0.25) is 4.79 Å². The molecule has 0 unspecified atom stereocenters. The van der Waals surface area contributed by atoms with Crippen LogP contribution >= 0.6 is 34.5 Å². The van der Waals surface area contributed by atoms with Crippen molar-refractivity contribution in [2.24, 2.45) is 0 Å². The first-order valence-electron chi connectivity index (χ1n) is 8.53. The maximum absolute atomic E-state index is 15.1. The highest BCUT2D eigenvalue weighted by Crippen LogP contribution is 2.36. The number of benzene rings is 2. The summed E-state index contributed by atoms with van der Waals surface area (Å²) < 4.78 is 26.3. The van der Waals surface area contributed by atoms with Gasteiger partial charge in [-0.05, 0) is 25.1 Å². The molecule has 30 heavy (non-hydrogen) atoms. The molecule has 11 heteroatoms. The van der Waals surface area contributed by atoms with Gasteiger partial charge in [-0.1, -0.05) is 40.6 Å². The van der Waals surface area contributed by atoms with Gasteiger partial charge in [0.25, 0.3) is 5.89 Å². The highest BCUT2D eigenvalue weighted by molar-refractivity contribution is 7.12. The molecular formula is C19H13Cl2FN4O3S. The minimum Gasteiger partial charge on any atom is -0.453 e. The molecule has 0 fully saturated rings. The third-order valence-corrected chi connectivity index (χ3v) is 5.56. The molecule has 0 amide bonds. The molecule has 0 atom stereocenters. The van der Waals surface area contributed by atoms with E-state index in [-0.39, 0.29) is 45.2 Å². The smallest absolute Gasteiger partial charge is 0.305 e. The van der Waals surface area contributed by atoms with Crippen LogP contribution < -0.4 is 15.3 Å². The number of halogens is 3. The average molecular weight is 467 g/mol. The van der Waals surface area contributed by atoms with Crippen LogP contribution in [0.25, 0.3) is 10.8 Å². The number of thiazole rings is 1. The number of hydrogen-bond donors (Lipinski definition) is 2. The molecule has 0 aliphatic heterocycles. The molecule has 0 saturated heterocycles. The molecule has 2 aromatic carbocycles. The van der Waals surface area contributed by atoms with Crippen molar-refractivity contribution in [3.63, 3.8) is 0 Å². The van der Waals surface area contributed by atoms with E-state index in [2.05, 4.69) is 15.2 Å². The summed E-state index contributed by atoms with van der Waals surface area (Å²) in [4.78, 5) is 14.4. The fourth-order valence-electron chi connectivity index (χ4n) is 2.75. The van der Waals surface area contributed by atoms with E-state index in [1.165, 1.54) is 24.3 Å². The van der Waals surface area contributed by atoms with Crippen LogP contribution in [0.5, 0.6) is 11.5 Å². The number of nitrogens with two attached hydrogens (primary N) is 1. The van der Waals surface area contributed by atoms with Crippen molar-refractivity contribution in [3.05, 3.63) is 73.0 Å². The fourth-order valence-corrected chi connectivity index (χ4v) is 3.93. The predicted octanol–water partition coefficient (Wildman–Crippen LogP) is 5.21. The second kappa shape index (κ2) is 8.10. The summed E-state index contributed by atoms with van der Waals surface area (Å²) in [6.45, 7) is 1.72. The van der Waals surface area contributed by atoms with E-state index < -0.39 is 5.82 Å². The van der Waals surface area contributed by atoms with Gasteiger partial charge in [0.1, 0.15) is 10.6 Å². The standard InChI is InChI=1S/C19H13Cl2FN4O3S/c1-8-17(30-19(27)24-8)18-26-25-14(29-18)4-9-2-3-13(21)16(15(9)22)28-12-6-10(20)5-11(23)7-12/h2-3,5-7H,4,23H2,1H3,(H,24,27). The lowest BCUT2D eigenvalue weighted by molar-refractivity contribution is 0.437. The van der Waals surface area contributed by atoms with Crippen LogP contribution in [0.4, 0.5) is 10.1 Å². The molecule has 4 rings (SSSR count).